The van der Waals surface area contributed by atoms with E-state index in [1.54, 1.807) is 7.05 Å². The molecule has 0 saturated carbocycles. The summed E-state index contributed by atoms with van der Waals surface area (Å²) in [5.74, 6) is 0.830. The van der Waals surface area contributed by atoms with Crippen LogP contribution < -0.4 is 5.32 Å². The van der Waals surface area contributed by atoms with Crippen LogP contribution in [0.1, 0.15) is 12.8 Å². The van der Waals surface area contributed by atoms with Gasteiger partial charge in [0.1, 0.15) is 9.84 Å². The van der Waals surface area contributed by atoms with Gasteiger partial charge in [0, 0.05) is 6.26 Å². The summed E-state index contributed by atoms with van der Waals surface area (Å²) in [6, 6.07) is 0. The van der Waals surface area contributed by atoms with E-state index in [9.17, 15) is 16.8 Å². The second-order valence-electron chi connectivity index (χ2n) is 4.90. The highest BCUT2D eigenvalue weighted by molar-refractivity contribution is 7.91. The minimum absolute atomic E-state index is 0.106. The van der Waals surface area contributed by atoms with E-state index in [0.29, 0.717) is 19.4 Å². The Morgan fingerprint density at radius 3 is 2.47 bits per heavy atom. The van der Waals surface area contributed by atoms with Gasteiger partial charge in [-0.15, -0.1) is 0 Å². The Labute approximate surface area is 104 Å². The van der Waals surface area contributed by atoms with Crippen LogP contribution >= 0.6 is 0 Å². The molecule has 0 amide bonds. The van der Waals surface area contributed by atoms with Gasteiger partial charge in [-0.1, -0.05) is 0 Å². The zero-order chi connectivity index (χ0) is 13.1. The molecule has 5 nitrogen and oxygen atoms in total. The van der Waals surface area contributed by atoms with Crippen molar-refractivity contribution in [2.24, 2.45) is 11.8 Å². The summed E-state index contributed by atoms with van der Waals surface area (Å²) in [5.41, 5.74) is 0. The molecule has 2 atom stereocenters. The molecule has 1 saturated heterocycles. The van der Waals surface area contributed by atoms with Crippen LogP contribution in [0.4, 0.5) is 0 Å². The lowest BCUT2D eigenvalue weighted by atomic mass is 9.89. The van der Waals surface area contributed by atoms with Crippen LogP contribution in [0.25, 0.3) is 0 Å². The topological polar surface area (TPSA) is 80.3 Å². The van der Waals surface area contributed by atoms with Crippen LogP contribution in [-0.2, 0) is 19.7 Å². The predicted octanol–water partition coefficient (Wildman–Crippen LogP) is -0.309. The first kappa shape index (κ1) is 14.9. The van der Waals surface area contributed by atoms with Crippen molar-refractivity contribution in [2.75, 3.05) is 37.1 Å². The third-order valence-corrected chi connectivity index (χ3v) is 6.03. The molecule has 7 heteroatoms. The second kappa shape index (κ2) is 5.67. The van der Waals surface area contributed by atoms with E-state index < -0.39 is 19.7 Å². The largest absolute Gasteiger partial charge is 0.319 e. The monoisotopic (exact) mass is 283 g/mol. The molecule has 1 rings (SSSR count). The van der Waals surface area contributed by atoms with Crippen molar-refractivity contribution in [3.8, 4) is 0 Å². The molecule has 1 aliphatic heterocycles. The Morgan fingerprint density at radius 2 is 2.06 bits per heavy atom. The fourth-order valence-electron chi connectivity index (χ4n) is 2.33. The van der Waals surface area contributed by atoms with Gasteiger partial charge in [-0.2, -0.15) is 0 Å². The summed E-state index contributed by atoms with van der Waals surface area (Å²) in [6.07, 6.45) is 2.42. The van der Waals surface area contributed by atoms with Crippen LogP contribution in [0.15, 0.2) is 0 Å². The molecule has 102 valence electrons. The molecule has 2 unspecified atom stereocenters. The molecule has 1 heterocycles. The van der Waals surface area contributed by atoms with Gasteiger partial charge in [-0.25, -0.2) is 16.8 Å². The molecule has 0 radical (unpaired) electrons. The number of hydrogen-bond donors (Lipinski definition) is 1. The van der Waals surface area contributed by atoms with E-state index in [1.807, 2.05) is 0 Å². The lowest BCUT2D eigenvalue weighted by molar-refractivity contribution is 0.344. The fraction of sp³-hybridized carbons (Fsp3) is 1.00. The van der Waals surface area contributed by atoms with Gasteiger partial charge in [-0.05, 0) is 38.3 Å². The van der Waals surface area contributed by atoms with Gasteiger partial charge in [0.2, 0.25) is 0 Å². The zero-order valence-corrected chi connectivity index (χ0v) is 12.0. The molecule has 1 aliphatic rings. The highest BCUT2D eigenvalue weighted by Gasteiger charge is 2.33. The maximum absolute atomic E-state index is 11.4. The van der Waals surface area contributed by atoms with Crippen molar-refractivity contribution in [3.05, 3.63) is 0 Å². The van der Waals surface area contributed by atoms with Crippen molar-refractivity contribution >= 4 is 19.7 Å². The Balaban J connectivity index is 2.60. The Morgan fingerprint density at radius 1 is 1.41 bits per heavy atom. The van der Waals surface area contributed by atoms with Gasteiger partial charge in [0.25, 0.3) is 0 Å². The van der Waals surface area contributed by atoms with Crippen molar-refractivity contribution < 1.29 is 16.8 Å². The standard InChI is InChI=1S/C10H21NO4S2/c1-11-7-9(3-5-16(2,12)13)10-4-6-17(14,15)8-10/h9-11H,3-8H2,1-2H3. The van der Waals surface area contributed by atoms with Crippen molar-refractivity contribution in [1.82, 2.24) is 5.32 Å². The number of sulfone groups is 2. The van der Waals surface area contributed by atoms with Crippen LogP contribution in [0.3, 0.4) is 0 Å². The first-order valence-electron chi connectivity index (χ1n) is 5.76. The summed E-state index contributed by atoms with van der Waals surface area (Å²) in [5, 5.41) is 3.02. The molecule has 1 fully saturated rings. The molecule has 0 aromatic rings. The minimum Gasteiger partial charge on any atom is -0.319 e. The zero-order valence-electron chi connectivity index (χ0n) is 10.3. The van der Waals surface area contributed by atoms with E-state index in [0.717, 1.165) is 0 Å². The average Bonchev–Trinajstić information content (AvgIpc) is 2.52. The van der Waals surface area contributed by atoms with Gasteiger partial charge < -0.3 is 5.32 Å². The Kier molecular flexibility index (Phi) is 4.97. The van der Waals surface area contributed by atoms with Crippen LogP contribution in [0.5, 0.6) is 0 Å². The number of nitrogens with one attached hydrogen (secondary N) is 1. The van der Waals surface area contributed by atoms with E-state index in [2.05, 4.69) is 5.32 Å². The number of rotatable bonds is 6. The first-order chi connectivity index (χ1) is 7.73. The lowest BCUT2D eigenvalue weighted by Gasteiger charge is -2.21. The molecule has 0 bridgehead atoms. The quantitative estimate of drug-likeness (QED) is 0.723. The normalized spacial score (nSPS) is 25.9. The maximum Gasteiger partial charge on any atom is 0.150 e. The van der Waals surface area contributed by atoms with E-state index >= 15 is 0 Å². The molecular weight excluding hydrogens is 262 g/mol. The highest BCUT2D eigenvalue weighted by Crippen LogP contribution is 2.28. The van der Waals surface area contributed by atoms with E-state index in [-0.39, 0.29) is 29.1 Å². The smallest absolute Gasteiger partial charge is 0.150 e. The third-order valence-electron chi connectivity index (χ3n) is 3.26. The van der Waals surface area contributed by atoms with Crippen LogP contribution in [-0.4, -0.2) is 53.9 Å². The molecule has 0 aromatic heterocycles. The van der Waals surface area contributed by atoms with Crippen LogP contribution in [0.2, 0.25) is 0 Å². The predicted molar refractivity (Wildman–Crippen MR) is 68.5 cm³/mol. The van der Waals surface area contributed by atoms with Crippen LogP contribution in [0, 0.1) is 11.8 Å². The summed E-state index contributed by atoms with van der Waals surface area (Å²) >= 11 is 0. The Hall–Kier alpha value is -0.140. The minimum atomic E-state index is -2.97. The molecule has 1 N–H and O–H groups in total. The van der Waals surface area contributed by atoms with E-state index in [4.69, 9.17) is 0 Å². The summed E-state index contributed by atoms with van der Waals surface area (Å²) in [4.78, 5) is 0. The lowest BCUT2D eigenvalue weighted by Crippen LogP contribution is -2.28. The fourth-order valence-corrected chi connectivity index (χ4v) is 4.98. The van der Waals surface area contributed by atoms with Crippen molar-refractivity contribution in [3.63, 3.8) is 0 Å². The van der Waals surface area contributed by atoms with Gasteiger partial charge in [0.15, 0.2) is 9.84 Å². The van der Waals surface area contributed by atoms with Crippen molar-refractivity contribution in [2.45, 2.75) is 12.8 Å². The average molecular weight is 283 g/mol. The molecule has 0 aliphatic carbocycles. The molecule has 0 aromatic carbocycles. The number of hydrogen-bond acceptors (Lipinski definition) is 5. The third kappa shape index (κ3) is 5.35. The summed E-state index contributed by atoms with van der Waals surface area (Å²) < 4.78 is 45.1. The molecule has 17 heavy (non-hydrogen) atoms. The first-order valence-corrected chi connectivity index (χ1v) is 9.64. The molecule has 0 spiro atoms. The van der Waals surface area contributed by atoms with Crippen molar-refractivity contribution in [1.29, 1.82) is 0 Å². The summed E-state index contributed by atoms with van der Waals surface area (Å²) in [7, 11) is -4.06. The SMILES string of the molecule is CNCC(CCS(C)(=O)=O)C1CCS(=O)(=O)C1. The van der Waals surface area contributed by atoms with E-state index in [1.165, 1.54) is 6.26 Å². The van der Waals surface area contributed by atoms with Gasteiger partial charge in [-0.3, -0.25) is 0 Å². The van der Waals surface area contributed by atoms with Gasteiger partial charge >= 0.3 is 0 Å². The Bertz CT molecular complexity index is 441. The summed E-state index contributed by atoms with van der Waals surface area (Å²) in [6.45, 7) is 0.676. The highest BCUT2D eigenvalue weighted by atomic mass is 32.2. The molecular formula is C10H21NO4S2. The maximum atomic E-state index is 11.4. The second-order valence-corrected chi connectivity index (χ2v) is 9.39. The van der Waals surface area contributed by atoms with Gasteiger partial charge in [0.05, 0.1) is 17.3 Å².